The minimum atomic E-state index is 1.00. The Morgan fingerprint density at radius 3 is 2.00 bits per heavy atom. The third-order valence-electron chi connectivity index (χ3n) is 4.01. The molecule has 21 heavy (non-hydrogen) atoms. The maximum absolute atomic E-state index is 2.38. The molecule has 2 aromatic rings. The van der Waals surface area contributed by atoms with Crippen molar-refractivity contribution in [3.63, 3.8) is 0 Å². The van der Waals surface area contributed by atoms with E-state index >= 15 is 0 Å². The summed E-state index contributed by atoms with van der Waals surface area (Å²) in [6.45, 7) is 2.01. The summed E-state index contributed by atoms with van der Waals surface area (Å²) in [5, 5.41) is 0. The molecule has 2 aromatic carbocycles. The minimum absolute atomic E-state index is 1.00. The standard InChI is InChI=1S/C19H24N2/c1-20(2)12-14-6-8-18-17(9-14)11-16-7-5-15(10-19(16)18)13-21(3)4/h5-10H,11-13H2,1-4H3. The lowest BCUT2D eigenvalue weighted by atomic mass is 10.0. The van der Waals surface area contributed by atoms with Crippen LogP contribution in [0, 0.1) is 0 Å². The Labute approximate surface area is 128 Å². The number of rotatable bonds is 4. The molecular formula is C19H24N2. The Kier molecular flexibility index (Phi) is 3.83. The van der Waals surface area contributed by atoms with Crippen molar-refractivity contribution in [2.24, 2.45) is 0 Å². The molecule has 0 spiro atoms. The van der Waals surface area contributed by atoms with Crippen molar-refractivity contribution in [2.45, 2.75) is 19.5 Å². The summed E-state index contributed by atoms with van der Waals surface area (Å²) in [6, 6.07) is 13.9. The Morgan fingerprint density at radius 2 is 1.33 bits per heavy atom. The van der Waals surface area contributed by atoms with Gasteiger partial charge in [-0.3, -0.25) is 0 Å². The molecule has 0 aliphatic heterocycles. The molecule has 0 amide bonds. The van der Waals surface area contributed by atoms with Crippen LogP contribution in [0.5, 0.6) is 0 Å². The van der Waals surface area contributed by atoms with Crippen molar-refractivity contribution in [3.8, 4) is 11.1 Å². The molecule has 2 nitrogen and oxygen atoms in total. The SMILES string of the molecule is CN(C)Cc1ccc2c(c1)Cc1ccc(CN(C)C)cc1-2. The smallest absolute Gasteiger partial charge is 0.0227 e. The fraction of sp³-hybridized carbons (Fsp3) is 0.368. The predicted octanol–water partition coefficient (Wildman–Crippen LogP) is 3.38. The molecule has 0 radical (unpaired) electrons. The van der Waals surface area contributed by atoms with Gasteiger partial charge in [0.25, 0.3) is 0 Å². The Bertz CT molecular complexity index is 657. The van der Waals surface area contributed by atoms with Crippen molar-refractivity contribution in [2.75, 3.05) is 28.2 Å². The van der Waals surface area contributed by atoms with E-state index in [9.17, 15) is 0 Å². The zero-order valence-corrected chi connectivity index (χ0v) is 13.5. The second-order valence-corrected chi connectivity index (χ2v) is 6.64. The molecule has 0 bridgehead atoms. The molecular weight excluding hydrogens is 256 g/mol. The molecule has 0 unspecified atom stereocenters. The fourth-order valence-corrected chi connectivity index (χ4v) is 3.22. The summed E-state index contributed by atoms with van der Waals surface area (Å²) in [7, 11) is 8.48. The minimum Gasteiger partial charge on any atom is -0.305 e. The van der Waals surface area contributed by atoms with E-state index < -0.39 is 0 Å². The quantitative estimate of drug-likeness (QED) is 0.723. The first-order valence-electron chi connectivity index (χ1n) is 7.56. The molecule has 110 valence electrons. The van der Waals surface area contributed by atoms with Crippen molar-refractivity contribution >= 4 is 0 Å². The van der Waals surface area contributed by atoms with Gasteiger partial charge in [-0.2, -0.15) is 0 Å². The van der Waals surface area contributed by atoms with Crippen LogP contribution in [0.25, 0.3) is 11.1 Å². The number of fused-ring (bicyclic) bond motifs is 3. The molecule has 0 N–H and O–H groups in total. The van der Waals surface area contributed by atoms with Crippen molar-refractivity contribution in [3.05, 3.63) is 58.7 Å². The maximum Gasteiger partial charge on any atom is 0.0227 e. The Balaban J connectivity index is 1.93. The van der Waals surface area contributed by atoms with Crippen LogP contribution in [0.3, 0.4) is 0 Å². The number of benzene rings is 2. The lowest BCUT2D eigenvalue weighted by Gasteiger charge is -2.12. The largest absolute Gasteiger partial charge is 0.305 e. The summed E-state index contributed by atoms with van der Waals surface area (Å²) in [4.78, 5) is 4.44. The monoisotopic (exact) mass is 280 g/mol. The lowest BCUT2D eigenvalue weighted by Crippen LogP contribution is -2.10. The normalized spacial score (nSPS) is 12.9. The van der Waals surface area contributed by atoms with Gasteiger partial charge in [-0.15, -0.1) is 0 Å². The summed E-state index contributed by atoms with van der Waals surface area (Å²) in [5.74, 6) is 0. The van der Waals surface area contributed by atoms with E-state index in [0.29, 0.717) is 0 Å². The van der Waals surface area contributed by atoms with Crippen LogP contribution in [0.1, 0.15) is 22.3 Å². The van der Waals surface area contributed by atoms with Gasteiger partial charge in [0.2, 0.25) is 0 Å². The molecule has 0 aromatic heterocycles. The van der Waals surface area contributed by atoms with Gasteiger partial charge in [0.05, 0.1) is 0 Å². The van der Waals surface area contributed by atoms with Gasteiger partial charge in [-0.1, -0.05) is 30.3 Å². The first-order valence-corrected chi connectivity index (χ1v) is 7.56. The summed E-state index contributed by atoms with van der Waals surface area (Å²) >= 11 is 0. The number of hydrogen-bond acceptors (Lipinski definition) is 2. The number of nitrogens with zero attached hydrogens (tertiary/aromatic N) is 2. The van der Waals surface area contributed by atoms with Crippen LogP contribution in [0.4, 0.5) is 0 Å². The van der Waals surface area contributed by atoms with Gasteiger partial charge in [-0.05, 0) is 74.1 Å². The summed E-state index contributed by atoms with van der Waals surface area (Å²) in [6.07, 6.45) is 1.08. The van der Waals surface area contributed by atoms with E-state index in [1.807, 2.05) is 0 Å². The molecule has 2 heteroatoms. The number of hydrogen-bond donors (Lipinski definition) is 0. The predicted molar refractivity (Wildman–Crippen MR) is 89.5 cm³/mol. The molecule has 3 rings (SSSR count). The van der Waals surface area contributed by atoms with Gasteiger partial charge >= 0.3 is 0 Å². The maximum atomic E-state index is 2.38. The highest BCUT2D eigenvalue weighted by atomic mass is 15.1. The third-order valence-corrected chi connectivity index (χ3v) is 4.01. The summed E-state index contributed by atoms with van der Waals surface area (Å²) < 4.78 is 0. The summed E-state index contributed by atoms with van der Waals surface area (Å²) in [5.41, 5.74) is 8.60. The highest BCUT2D eigenvalue weighted by Gasteiger charge is 2.19. The first kappa shape index (κ1) is 14.3. The average Bonchev–Trinajstić information content (AvgIpc) is 2.74. The molecule has 1 aliphatic carbocycles. The highest BCUT2D eigenvalue weighted by molar-refractivity contribution is 5.77. The first-order chi connectivity index (χ1) is 10.0. The van der Waals surface area contributed by atoms with Crippen LogP contribution in [0.15, 0.2) is 36.4 Å². The third kappa shape index (κ3) is 3.02. The van der Waals surface area contributed by atoms with E-state index in [1.54, 1.807) is 0 Å². The molecule has 0 atom stereocenters. The van der Waals surface area contributed by atoms with Crippen LogP contribution in [-0.4, -0.2) is 38.0 Å². The van der Waals surface area contributed by atoms with E-state index in [-0.39, 0.29) is 0 Å². The molecule has 0 saturated heterocycles. The van der Waals surface area contributed by atoms with Crippen molar-refractivity contribution in [1.29, 1.82) is 0 Å². The van der Waals surface area contributed by atoms with E-state index in [1.165, 1.54) is 33.4 Å². The van der Waals surface area contributed by atoms with Crippen LogP contribution < -0.4 is 0 Å². The van der Waals surface area contributed by atoms with Crippen LogP contribution >= 0.6 is 0 Å². The van der Waals surface area contributed by atoms with Crippen molar-refractivity contribution < 1.29 is 0 Å². The topological polar surface area (TPSA) is 6.48 Å². The average molecular weight is 280 g/mol. The van der Waals surface area contributed by atoms with Gasteiger partial charge in [-0.25, -0.2) is 0 Å². The van der Waals surface area contributed by atoms with Gasteiger partial charge in [0.15, 0.2) is 0 Å². The second kappa shape index (κ2) is 5.63. The van der Waals surface area contributed by atoms with Gasteiger partial charge in [0.1, 0.15) is 0 Å². The molecule has 1 aliphatic rings. The molecule has 0 heterocycles. The van der Waals surface area contributed by atoms with Crippen LogP contribution in [-0.2, 0) is 19.5 Å². The molecule has 0 saturated carbocycles. The lowest BCUT2D eigenvalue weighted by molar-refractivity contribution is 0.402. The zero-order valence-electron chi connectivity index (χ0n) is 13.5. The Morgan fingerprint density at radius 1 is 0.714 bits per heavy atom. The molecule has 0 fully saturated rings. The van der Waals surface area contributed by atoms with Crippen LogP contribution in [0.2, 0.25) is 0 Å². The van der Waals surface area contributed by atoms with Crippen molar-refractivity contribution in [1.82, 2.24) is 9.80 Å². The zero-order chi connectivity index (χ0) is 15.0. The van der Waals surface area contributed by atoms with E-state index in [4.69, 9.17) is 0 Å². The second-order valence-electron chi connectivity index (χ2n) is 6.64. The Hall–Kier alpha value is -1.64. The van der Waals surface area contributed by atoms with Gasteiger partial charge < -0.3 is 9.80 Å². The highest BCUT2D eigenvalue weighted by Crippen LogP contribution is 2.37. The fourth-order valence-electron chi connectivity index (χ4n) is 3.22. The van der Waals surface area contributed by atoms with E-state index in [0.717, 1.165) is 19.5 Å². The van der Waals surface area contributed by atoms with Gasteiger partial charge in [0, 0.05) is 13.1 Å². The van der Waals surface area contributed by atoms with E-state index in [2.05, 4.69) is 74.4 Å².